The van der Waals surface area contributed by atoms with Gasteiger partial charge in [-0.25, -0.2) is 0 Å². The summed E-state index contributed by atoms with van der Waals surface area (Å²) >= 11 is 0. The number of aromatic nitrogens is 1. The first kappa shape index (κ1) is 19.1. The lowest BCUT2D eigenvalue weighted by Crippen LogP contribution is -2.48. The van der Waals surface area contributed by atoms with Gasteiger partial charge in [0.1, 0.15) is 0 Å². The molecule has 0 spiro atoms. The van der Waals surface area contributed by atoms with Crippen molar-refractivity contribution in [1.29, 1.82) is 0 Å². The summed E-state index contributed by atoms with van der Waals surface area (Å²) in [6.07, 6.45) is 10.3. The van der Waals surface area contributed by atoms with Crippen LogP contribution in [-0.4, -0.2) is 16.9 Å². The molecule has 1 amide bonds. The van der Waals surface area contributed by atoms with Gasteiger partial charge >= 0.3 is 0 Å². The number of carbonyl (C=O) groups excluding carboxylic acids is 1. The first-order valence-corrected chi connectivity index (χ1v) is 10.2. The zero-order valence-corrected chi connectivity index (χ0v) is 17.0. The summed E-state index contributed by atoms with van der Waals surface area (Å²) in [6, 6.07) is 3.89. The van der Waals surface area contributed by atoms with E-state index in [0.717, 1.165) is 30.6 Å². The zero-order valence-electron chi connectivity index (χ0n) is 17.0. The predicted molar refractivity (Wildman–Crippen MR) is 107 cm³/mol. The third kappa shape index (κ3) is 3.58. The Kier molecular flexibility index (Phi) is 5.55. The van der Waals surface area contributed by atoms with Crippen LogP contribution in [0.15, 0.2) is 36.2 Å². The van der Waals surface area contributed by atoms with Gasteiger partial charge in [0.25, 0.3) is 5.91 Å². The molecule has 26 heavy (non-hydrogen) atoms. The Labute approximate surface area is 158 Å². The Morgan fingerprint density at radius 3 is 2.65 bits per heavy atom. The maximum atomic E-state index is 12.5. The summed E-state index contributed by atoms with van der Waals surface area (Å²) in [5.74, 6) is 2.92. The number of amides is 1. The lowest BCUT2D eigenvalue weighted by Gasteiger charge is -2.53. The Bertz CT molecular complexity index is 664. The molecule has 1 aromatic rings. The van der Waals surface area contributed by atoms with Gasteiger partial charge in [0, 0.05) is 18.4 Å². The molecule has 1 aromatic heterocycles. The van der Waals surface area contributed by atoms with Crippen LogP contribution < -0.4 is 5.32 Å². The van der Waals surface area contributed by atoms with E-state index in [4.69, 9.17) is 0 Å². The minimum Gasteiger partial charge on any atom is -0.349 e. The molecule has 0 bridgehead atoms. The van der Waals surface area contributed by atoms with E-state index in [1.807, 2.05) is 12.1 Å². The van der Waals surface area contributed by atoms with Crippen molar-refractivity contribution < 1.29 is 4.79 Å². The van der Waals surface area contributed by atoms with Crippen molar-refractivity contribution in [2.45, 2.75) is 66.3 Å². The maximum absolute atomic E-state index is 12.5. The number of hydrogen-bond donors (Lipinski definition) is 1. The van der Waals surface area contributed by atoms with Crippen LogP contribution >= 0.6 is 0 Å². The molecule has 1 heterocycles. The fourth-order valence-corrected chi connectivity index (χ4v) is 5.64. The van der Waals surface area contributed by atoms with Crippen molar-refractivity contribution in [1.82, 2.24) is 10.3 Å². The summed E-state index contributed by atoms with van der Waals surface area (Å²) < 4.78 is 0. The molecule has 0 aliphatic heterocycles. The third-order valence-electron chi connectivity index (χ3n) is 6.88. The number of allylic oxidation sites excluding steroid dienone is 1. The molecule has 3 rings (SSSR count). The van der Waals surface area contributed by atoms with Crippen molar-refractivity contribution in [2.24, 2.45) is 29.1 Å². The largest absolute Gasteiger partial charge is 0.349 e. The van der Waals surface area contributed by atoms with Crippen molar-refractivity contribution >= 4 is 5.91 Å². The van der Waals surface area contributed by atoms with E-state index in [1.54, 1.807) is 18.0 Å². The monoisotopic (exact) mass is 354 g/mol. The topological polar surface area (TPSA) is 42.0 Å². The van der Waals surface area contributed by atoms with Gasteiger partial charge in [-0.3, -0.25) is 9.78 Å². The molecule has 2 aliphatic rings. The fourth-order valence-electron chi connectivity index (χ4n) is 5.64. The molecule has 4 atom stereocenters. The number of fused-ring (bicyclic) bond motifs is 1. The molecule has 2 unspecified atom stereocenters. The first-order valence-electron chi connectivity index (χ1n) is 10.2. The second-order valence-electron chi connectivity index (χ2n) is 9.22. The van der Waals surface area contributed by atoms with Crippen LogP contribution in [0.3, 0.4) is 0 Å². The highest BCUT2D eigenvalue weighted by molar-refractivity contribution is 5.94. The van der Waals surface area contributed by atoms with Crippen molar-refractivity contribution in [3.8, 4) is 0 Å². The summed E-state index contributed by atoms with van der Waals surface area (Å²) in [4.78, 5) is 16.6. The molecule has 1 fully saturated rings. The number of pyridine rings is 1. The minimum absolute atomic E-state index is 0.00331. The average Bonchev–Trinajstić information content (AvgIpc) is 2.61. The van der Waals surface area contributed by atoms with Gasteiger partial charge < -0.3 is 5.32 Å². The van der Waals surface area contributed by atoms with Crippen LogP contribution in [0.1, 0.15) is 70.7 Å². The first-order chi connectivity index (χ1) is 12.3. The highest BCUT2D eigenvalue weighted by Gasteiger charge is 2.48. The van der Waals surface area contributed by atoms with E-state index in [-0.39, 0.29) is 17.4 Å². The Balaban J connectivity index is 1.75. The smallest absolute Gasteiger partial charge is 0.253 e. The van der Waals surface area contributed by atoms with Crippen LogP contribution in [-0.2, 0) is 0 Å². The molecular formula is C23H34N2O. The Morgan fingerprint density at radius 1 is 1.27 bits per heavy atom. The highest BCUT2D eigenvalue weighted by Crippen LogP contribution is 2.56. The molecule has 0 aromatic carbocycles. The normalized spacial score (nSPS) is 31.5. The maximum Gasteiger partial charge on any atom is 0.253 e. The number of nitrogens with one attached hydrogen (secondary N) is 1. The molecule has 0 saturated heterocycles. The van der Waals surface area contributed by atoms with E-state index in [0.29, 0.717) is 11.5 Å². The fraction of sp³-hybridized carbons (Fsp3) is 0.652. The van der Waals surface area contributed by atoms with Crippen LogP contribution in [0.2, 0.25) is 0 Å². The van der Waals surface area contributed by atoms with E-state index >= 15 is 0 Å². The van der Waals surface area contributed by atoms with Crippen LogP contribution in [0, 0.1) is 29.1 Å². The van der Waals surface area contributed by atoms with Gasteiger partial charge in [-0.15, -0.1) is 0 Å². The Hall–Kier alpha value is -1.64. The van der Waals surface area contributed by atoms with Crippen molar-refractivity contribution in [3.05, 3.63) is 41.7 Å². The molecule has 1 saturated carbocycles. The third-order valence-corrected chi connectivity index (χ3v) is 6.88. The summed E-state index contributed by atoms with van der Waals surface area (Å²) in [5, 5.41) is 3.24. The van der Waals surface area contributed by atoms with Crippen LogP contribution in [0.5, 0.6) is 0 Å². The zero-order chi connectivity index (χ0) is 18.9. The van der Waals surface area contributed by atoms with Gasteiger partial charge in [0.15, 0.2) is 0 Å². The molecule has 142 valence electrons. The summed E-state index contributed by atoms with van der Waals surface area (Å²) in [7, 11) is 0. The number of nitrogens with zero attached hydrogens (tertiary/aromatic N) is 1. The van der Waals surface area contributed by atoms with Gasteiger partial charge in [-0.1, -0.05) is 46.3 Å². The molecule has 0 radical (unpaired) electrons. The highest BCUT2D eigenvalue weighted by atomic mass is 16.1. The van der Waals surface area contributed by atoms with Crippen molar-refractivity contribution in [3.63, 3.8) is 0 Å². The second-order valence-corrected chi connectivity index (χ2v) is 9.22. The van der Waals surface area contributed by atoms with Crippen LogP contribution in [0.25, 0.3) is 0 Å². The quantitative estimate of drug-likeness (QED) is 0.751. The molecule has 3 heteroatoms. The van der Waals surface area contributed by atoms with E-state index in [1.165, 1.54) is 12.8 Å². The Morgan fingerprint density at radius 2 is 2.04 bits per heavy atom. The standard InChI is InChI=1S/C23H34N2O/c1-15(2)20-9-8-18-13-19(10-11-23(18,5)21(20)16(3)4)25-22(26)17-7-6-12-24-14-17/h6-8,12,14-16,19-21H,9-11,13H2,1-5H3,(H,25,26)/t19-,20?,21?,23-/m0/s1. The summed E-state index contributed by atoms with van der Waals surface area (Å²) in [6.45, 7) is 12.0. The molecule has 3 nitrogen and oxygen atoms in total. The summed E-state index contributed by atoms with van der Waals surface area (Å²) in [5.41, 5.74) is 2.52. The van der Waals surface area contributed by atoms with E-state index < -0.39 is 0 Å². The van der Waals surface area contributed by atoms with Gasteiger partial charge in [0.2, 0.25) is 0 Å². The number of rotatable bonds is 4. The molecule has 1 N–H and O–H groups in total. The predicted octanol–water partition coefficient (Wildman–Crippen LogP) is 5.24. The average molecular weight is 355 g/mol. The SMILES string of the molecule is CC(C)C1CC=C2C[C@@H](NC(=O)c3cccnc3)CC[C@]2(C)C1C(C)C. The number of hydrogen-bond acceptors (Lipinski definition) is 2. The van der Waals surface area contributed by atoms with Gasteiger partial charge in [-0.05, 0) is 66.9 Å². The molecular weight excluding hydrogens is 320 g/mol. The van der Waals surface area contributed by atoms with Gasteiger partial charge in [0.05, 0.1) is 5.56 Å². The van der Waals surface area contributed by atoms with Crippen LogP contribution in [0.4, 0.5) is 0 Å². The number of carbonyl (C=O) groups is 1. The lowest BCUT2D eigenvalue weighted by molar-refractivity contribution is 0.0387. The van der Waals surface area contributed by atoms with Crippen molar-refractivity contribution in [2.75, 3.05) is 0 Å². The van der Waals surface area contributed by atoms with E-state index in [9.17, 15) is 4.79 Å². The lowest BCUT2D eigenvalue weighted by atomic mass is 9.52. The van der Waals surface area contributed by atoms with Gasteiger partial charge in [-0.2, -0.15) is 0 Å². The molecule has 2 aliphatic carbocycles. The second kappa shape index (κ2) is 7.54. The minimum atomic E-state index is 0.00331. The van der Waals surface area contributed by atoms with E-state index in [2.05, 4.69) is 51.0 Å².